The molecular formula is C44H52Cl2Zr-2. The molecule has 6 rings (SSSR count). The summed E-state index contributed by atoms with van der Waals surface area (Å²) in [4.78, 5) is 0. The molecule has 0 saturated heterocycles. The van der Waals surface area contributed by atoms with Gasteiger partial charge in [0, 0.05) is 0 Å². The molecule has 0 nitrogen and oxygen atoms in total. The molecule has 4 aromatic rings. The molecule has 0 amide bonds. The van der Waals surface area contributed by atoms with Gasteiger partial charge in [-0.15, -0.1) is 11.1 Å². The van der Waals surface area contributed by atoms with Crippen molar-refractivity contribution >= 4 is 14.5 Å². The zero-order valence-electron chi connectivity index (χ0n) is 30.3. The predicted octanol–water partition coefficient (Wildman–Crippen LogP) is 5.95. The first-order chi connectivity index (χ1) is 21.0. The second-order valence-electron chi connectivity index (χ2n) is 15.6. The minimum atomic E-state index is 0. The Hall–Kier alpha value is -2.05. The Morgan fingerprint density at radius 3 is 1.98 bits per heavy atom. The summed E-state index contributed by atoms with van der Waals surface area (Å²) < 4.78 is 2.23. The molecule has 3 heteroatoms. The minimum absolute atomic E-state index is 0. The normalized spacial score (nSPS) is 15.0. The van der Waals surface area contributed by atoms with E-state index in [2.05, 4.69) is 171 Å². The first-order valence-corrected chi connectivity index (χ1v) is 18.0. The van der Waals surface area contributed by atoms with Crippen LogP contribution < -0.4 is 24.8 Å². The number of rotatable bonds is 2. The second kappa shape index (κ2) is 16.6. The summed E-state index contributed by atoms with van der Waals surface area (Å²) in [5.74, 6) is 0.522. The fraction of sp³-hybridized carbons (Fsp3) is 0.386. The van der Waals surface area contributed by atoms with E-state index in [1.165, 1.54) is 85.1 Å². The van der Waals surface area contributed by atoms with Gasteiger partial charge in [-0.3, -0.25) is 6.08 Å². The van der Waals surface area contributed by atoms with E-state index in [-0.39, 0.29) is 35.6 Å². The van der Waals surface area contributed by atoms with Gasteiger partial charge in [-0.05, 0) is 28.4 Å². The number of allylic oxidation sites excluding steroid dienone is 4. The van der Waals surface area contributed by atoms with Crippen molar-refractivity contribution in [2.24, 2.45) is 11.3 Å². The summed E-state index contributed by atoms with van der Waals surface area (Å²) in [6.07, 6.45) is 7.98. The number of halogens is 2. The number of benzene rings is 4. The van der Waals surface area contributed by atoms with Crippen molar-refractivity contribution < 1.29 is 49.0 Å². The van der Waals surface area contributed by atoms with Gasteiger partial charge in [0.1, 0.15) is 0 Å². The summed E-state index contributed by atoms with van der Waals surface area (Å²) in [7, 11) is 0. The van der Waals surface area contributed by atoms with E-state index in [9.17, 15) is 0 Å². The quantitative estimate of drug-likeness (QED) is 0.197. The Kier molecular flexibility index (Phi) is 14.5. The van der Waals surface area contributed by atoms with Gasteiger partial charge in [-0.2, -0.15) is 35.4 Å². The van der Waals surface area contributed by atoms with Gasteiger partial charge >= 0.3 is 86.7 Å². The van der Waals surface area contributed by atoms with Crippen LogP contribution >= 0.6 is 0 Å². The first-order valence-electron chi connectivity index (χ1n) is 16.6. The molecule has 0 radical (unpaired) electrons. The van der Waals surface area contributed by atoms with Crippen LogP contribution in [0.15, 0.2) is 90.0 Å². The number of hydrogen-bond donors (Lipinski definition) is 0. The van der Waals surface area contributed by atoms with E-state index in [4.69, 9.17) is 0 Å². The average Bonchev–Trinajstić information content (AvgIpc) is 3.56. The standard InChI is InChI=1S/C21H25.C12H19.C11H8.2ClH.Zr/c1-20(2,3)16-7-9-18-14(12-16)11-15-13-17(21(4,5)6)8-10-19(15)18;1-6-10-7-9(2)8-11(10)12(3,4)5;1-9-5-4-7-10-6-2-3-8-11(9)10;;;/h7-10,12H,11H2,1-6H3;8-9H,6H2,1-5H3;1-8H;2*1H;/q2*-1;;;;+2/p-2. The van der Waals surface area contributed by atoms with Crippen LogP contribution in [-0.2, 0) is 41.5 Å². The van der Waals surface area contributed by atoms with Crippen LogP contribution in [0, 0.1) is 23.5 Å². The summed E-state index contributed by atoms with van der Waals surface area (Å²) in [5, 5.41) is 2.69. The summed E-state index contributed by atoms with van der Waals surface area (Å²) in [6.45, 7) is 24.8. The molecule has 2 aliphatic rings. The van der Waals surface area contributed by atoms with Crippen LogP contribution in [0.25, 0.3) is 21.9 Å². The van der Waals surface area contributed by atoms with Crippen molar-refractivity contribution in [1.82, 2.24) is 0 Å². The molecule has 0 heterocycles. The zero-order chi connectivity index (χ0) is 33.2. The zero-order valence-corrected chi connectivity index (χ0v) is 34.3. The molecule has 47 heavy (non-hydrogen) atoms. The Bertz CT molecular complexity index is 1670. The van der Waals surface area contributed by atoms with Crippen LogP contribution in [0.2, 0.25) is 0 Å². The van der Waals surface area contributed by atoms with Crippen molar-refractivity contribution in [2.45, 2.75) is 99.8 Å². The molecule has 2 aliphatic carbocycles. The maximum absolute atomic E-state index is 3.67. The van der Waals surface area contributed by atoms with Crippen molar-refractivity contribution in [1.29, 1.82) is 0 Å². The molecule has 0 bridgehead atoms. The summed E-state index contributed by atoms with van der Waals surface area (Å²) in [5.41, 5.74) is 13.3. The topological polar surface area (TPSA) is 0 Å². The molecule has 0 fully saturated rings. The van der Waals surface area contributed by atoms with Gasteiger partial charge in [0.05, 0.1) is 0 Å². The van der Waals surface area contributed by atoms with Crippen molar-refractivity contribution in [3.05, 3.63) is 130 Å². The van der Waals surface area contributed by atoms with E-state index in [1.54, 1.807) is 0 Å². The third kappa shape index (κ3) is 10.2. The van der Waals surface area contributed by atoms with Gasteiger partial charge in [-0.1, -0.05) is 118 Å². The molecular weight excluding hydrogens is 691 g/mol. The molecule has 4 aromatic carbocycles. The molecule has 1 atom stereocenters. The predicted molar refractivity (Wildman–Crippen MR) is 194 cm³/mol. The monoisotopic (exact) mass is 740 g/mol. The van der Waals surface area contributed by atoms with E-state index >= 15 is 0 Å². The molecule has 0 aromatic heterocycles. The Labute approximate surface area is 313 Å². The van der Waals surface area contributed by atoms with Crippen LogP contribution in [0.1, 0.15) is 110 Å². The average molecular weight is 743 g/mol. The van der Waals surface area contributed by atoms with Crippen LogP contribution in [0.3, 0.4) is 0 Å². The Morgan fingerprint density at radius 1 is 0.766 bits per heavy atom. The van der Waals surface area contributed by atoms with E-state index in [0.29, 0.717) is 11.3 Å². The Balaban J connectivity index is 0.000000256. The van der Waals surface area contributed by atoms with Crippen molar-refractivity contribution in [3.8, 4) is 11.1 Å². The Morgan fingerprint density at radius 2 is 1.40 bits per heavy atom. The fourth-order valence-corrected chi connectivity index (χ4v) is 6.76. The third-order valence-corrected chi connectivity index (χ3v) is 9.51. The van der Waals surface area contributed by atoms with Crippen molar-refractivity contribution in [2.75, 3.05) is 0 Å². The summed E-state index contributed by atoms with van der Waals surface area (Å²) in [6, 6.07) is 30.1. The van der Waals surface area contributed by atoms with E-state index < -0.39 is 0 Å². The van der Waals surface area contributed by atoms with E-state index in [0.717, 1.165) is 12.8 Å². The van der Waals surface area contributed by atoms with Gasteiger partial charge in [0.2, 0.25) is 0 Å². The molecule has 0 saturated carbocycles. The van der Waals surface area contributed by atoms with Crippen LogP contribution in [0.5, 0.6) is 0 Å². The molecule has 0 N–H and O–H groups in total. The third-order valence-electron chi connectivity index (χ3n) is 8.75. The van der Waals surface area contributed by atoms with Gasteiger partial charge in [0.25, 0.3) is 0 Å². The van der Waals surface area contributed by atoms with Gasteiger partial charge in [-0.25, -0.2) is 5.57 Å². The maximum atomic E-state index is 3.67. The van der Waals surface area contributed by atoms with Gasteiger partial charge < -0.3 is 24.8 Å². The molecule has 0 aliphatic heterocycles. The number of hydrogen-bond acceptors (Lipinski definition) is 0. The van der Waals surface area contributed by atoms with E-state index in [1.807, 2.05) is 0 Å². The molecule has 0 spiro atoms. The molecule has 1 unspecified atom stereocenters. The number of fused-ring (bicyclic) bond motifs is 4. The SMILES string of the molecule is CC(C)(C)c1[c-]c2c(cc1)-c1ccc(C(C)(C)C)cc1C2.CCC1=[C-]C(C)C=C1C(C)(C)C.[Cl-].[Cl-].[Zr+2]=[CH]c1cccc2ccccc12. The molecule has 248 valence electrons. The first kappa shape index (κ1) is 41.1. The second-order valence-corrected chi connectivity index (χ2v) is 16.3. The van der Waals surface area contributed by atoms with Gasteiger partial charge in [0.15, 0.2) is 0 Å². The van der Waals surface area contributed by atoms with Crippen LogP contribution in [0.4, 0.5) is 0 Å². The van der Waals surface area contributed by atoms with Crippen molar-refractivity contribution in [3.63, 3.8) is 0 Å². The summed E-state index contributed by atoms with van der Waals surface area (Å²) >= 11 is 1.46. The fourth-order valence-electron chi connectivity index (χ4n) is 6.14. The van der Waals surface area contributed by atoms with Crippen LogP contribution in [-0.4, -0.2) is 3.71 Å².